The molecular formula is C15H21Br3O2. The summed E-state index contributed by atoms with van der Waals surface area (Å²) in [7, 11) is 1.72. The highest BCUT2D eigenvalue weighted by Gasteiger charge is 2.31. The predicted molar refractivity (Wildman–Crippen MR) is 95.3 cm³/mol. The van der Waals surface area contributed by atoms with Crippen LogP contribution >= 0.6 is 47.8 Å². The zero-order valence-corrected chi connectivity index (χ0v) is 16.5. The van der Waals surface area contributed by atoms with Crippen molar-refractivity contribution >= 4 is 47.8 Å². The molecule has 1 aromatic carbocycles. The van der Waals surface area contributed by atoms with Gasteiger partial charge >= 0.3 is 0 Å². The first-order valence-electron chi connectivity index (χ1n) is 6.64. The molecule has 0 saturated carbocycles. The van der Waals surface area contributed by atoms with Crippen LogP contribution in [0.25, 0.3) is 0 Å². The summed E-state index contributed by atoms with van der Waals surface area (Å²) in [5.41, 5.74) is 1.36. The van der Waals surface area contributed by atoms with E-state index >= 15 is 0 Å². The van der Waals surface area contributed by atoms with Crippen molar-refractivity contribution in [2.45, 2.75) is 18.3 Å². The molecule has 1 aromatic rings. The van der Waals surface area contributed by atoms with Crippen molar-refractivity contribution in [3.05, 3.63) is 34.3 Å². The Morgan fingerprint density at radius 1 is 1.05 bits per heavy atom. The smallest absolute Gasteiger partial charge is 0.0487 e. The summed E-state index contributed by atoms with van der Waals surface area (Å²) in [5.74, 6) is 0. The van der Waals surface area contributed by atoms with Gasteiger partial charge in [0.15, 0.2) is 0 Å². The molecule has 1 rings (SSSR count). The topological polar surface area (TPSA) is 18.5 Å². The Bertz CT molecular complexity index is 381. The third kappa shape index (κ3) is 5.41. The molecule has 0 aliphatic heterocycles. The van der Waals surface area contributed by atoms with Crippen LogP contribution in [0.5, 0.6) is 0 Å². The van der Waals surface area contributed by atoms with Gasteiger partial charge in [0, 0.05) is 47.5 Å². The van der Waals surface area contributed by atoms with Gasteiger partial charge in [0.2, 0.25) is 0 Å². The first kappa shape index (κ1) is 18.6. The number of ether oxygens (including phenoxy) is 2. The Labute approximate surface area is 147 Å². The number of hydrogen-bond acceptors (Lipinski definition) is 2. The maximum Gasteiger partial charge on any atom is 0.0487 e. The number of halogens is 3. The molecule has 0 aliphatic rings. The highest BCUT2D eigenvalue weighted by molar-refractivity contribution is 9.10. The monoisotopic (exact) mass is 470 g/mol. The Hall–Kier alpha value is 0.580. The van der Waals surface area contributed by atoms with E-state index in [-0.39, 0.29) is 5.41 Å². The van der Waals surface area contributed by atoms with Crippen molar-refractivity contribution in [1.82, 2.24) is 0 Å². The van der Waals surface area contributed by atoms with Gasteiger partial charge in [0.1, 0.15) is 0 Å². The quantitative estimate of drug-likeness (QED) is 0.355. The summed E-state index contributed by atoms with van der Waals surface area (Å²) in [6, 6.07) is 8.40. The van der Waals surface area contributed by atoms with Gasteiger partial charge in [-0.1, -0.05) is 66.0 Å². The van der Waals surface area contributed by atoms with E-state index < -0.39 is 0 Å². The van der Waals surface area contributed by atoms with Gasteiger partial charge in [-0.15, -0.1) is 0 Å². The maximum absolute atomic E-state index is 5.72. The highest BCUT2D eigenvalue weighted by Crippen LogP contribution is 2.36. The van der Waals surface area contributed by atoms with Crippen molar-refractivity contribution < 1.29 is 9.47 Å². The SMILES string of the molecule is COCCCOCCC(CBr)(CBr)c1ccccc1Br. The lowest BCUT2D eigenvalue weighted by atomic mass is 9.82. The van der Waals surface area contributed by atoms with Crippen LogP contribution in [0.15, 0.2) is 28.7 Å². The van der Waals surface area contributed by atoms with E-state index in [1.54, 1.807) is 7.11 Å². The van der Waals surface area contributed by atoms with Gasteiger partial charge in [0.25, 0.3) is 0 Å². The Kier molecular flexibility index (Phi) is 9.62. The molecule has 0 radical (unpaired) electrons. The summed E-state index contributed by atoms with van der Waals surface area (Å²) in [6.07, 6.45) is 1.92. The molecule has 0 N–H and O–H groups in total. The van der Waals surface area contributed by atoms with E-state index in [1.807, 2.05) is 6.07 Å². The normalized spacial score (nSPS) is 11.8. The zero-order chi connectivity index (χ0) is 14.8. The number of methoxy groups -OCH3 is 1. The van der Waals surface area contributed by atoms with E-state index in [2.05, 4.69) is 66.0 Å². The van der Waals surface area contributed by atoms with Gasteiger partial charge in [-0.2, -0.15) is 0 Å². The lowest BCUT2D eigenvalue weighted by Crippen LogP contribution is -2.32. The van der Waals surface area contributed by atoms with Gasteiger partial charge in [0.05, 0.1) is 0 Å². The van der Waals surface area contributed by atoms with E-state index in [0.717, 1.165) is 47.8 Å². The average Bonchev–Trinajstić information content (AvgIpc) is 2.48. The standard InChI is InChI=1S/C15H21Br3O2/c1-19-8-4-9-20-10-7-15(11-16,12-17)13-5-2-3-6-14(13)18/h2-3,5-6H,4,7-12H2,1H3. The fraction of sp³-hybridized carbons (Fsp3) is 0.600. The number of hydrogen-bond donors (Lipinski definition) is 0. The average molecular weight is 473 g/mol. The summed E-state index contributed by atoms with van der Waals surface area (Å²) in [4.78, 5) is 0. The maximum atomic E-state index is 5.72. The van der Waals surface area contributed by atoms with Crippen LogP contribution in [0.3, 0.4) is 0 Å². The second-order valence-electron chi connectivity index (χ2n) is 4.74. The van der Waals surface area contributed by atoms with Gasteiger partial charge in [-0.25, -0.2) is 0 Å². The lowest BCUT2D eigenvalue weighted by molar-refractivity contribution is 0.0934. The van der Waals surface area contributed by atoms with Crippen molar-refractivity contribution in [2.75, 3.05) is 37.6 Å². The summed E-state index contributed by atoms with van der Waals surface area (Å²) < 4.78 is 11.9. The molecule has 0 saturated heterocycles. The fourth-order valence-corrected chi connectivity index (χ4v) is 4.81. The Morgan fingerprint density at radius 3 is 2.35 bits per heavy atom. The van der Waals surface area contributed by atoms with Crippen LogP contribution in [0.4, 0.5) is 0 Å². The molecule has 0 atom stereocenters. The molecule has 20 heavy (non-hydrogen) atoms. The van der Waals surface area contributed by atoms with E-state index in [1.165, 1.54) is 5.56 Å². The first-order valence-corrected chi connectivity index (χ1v) is 9.67. The minimum Gasteiger partial charge on any atom is -0.385 e. The molecule has 2 nitrogen and oxygen atoms in total. The number of alkyl halides is 2. The van der Waals surface area contributed by atoms with Crippen LogP contribution in [0.1, 0.15) is 18.4 Å². The minimum absolute atomic E-state index is 0.0430. The molecule has 0 fully saturated rings. The van der Waals surface area contributed by atoms with Crippen LogP contribution in [0, 0.1) is 0 Å². The van der Waals surface area contributed by atoms with Crippen LogP contribution in [-0.2, 0) is 14.9 Å². The fourth-order valence-electron chi connectivity index (χ4n) is 2.01. The third-order valence-electron chi connectivity index (χ3n) is 3.32. The second kappa shape index (κ2) is 10.3. The molecule has 0 heterocycles. The summed E-state index contributed by atoms with van der Waals surface area (Å²) >= 11 is 11.0. The second-order valence-corrected chi connectivity index (χ2v) is 6.71. The Morgan fingerprint density at radius 2 is 1.75 bits per heavy atom. The van der Waals surface area contributed by atoms with Crippen molar-refractivity contribution in [2.24, 2.45) is 0 Å². The Balaban J connectivity index is 2.61. The minimum atomic E-state index is 0.0430. The third-order valence-corrected chi connectivity index (χ3v) is 6.16. The van der Waals surface area contributed by atoms with Crippen molar-refractivity contribution in [3.8, 4) is 0 Å². The summed E-state index contributed by atoms with van der Waals surface area (Å²) in [6.45, 7) is 2.26. The van der Waals surface area contributed by atoms with E-state index in [4.69, 9.17) is 9.47 Å². The number of benzene rings is 1. The molecule has 0 amide bonds. The first-order chi connectivity index (χ1) is 9.70. The van der Waals surface area contributed by atoms with Crippen LogP contribution < -0.4 is 0 Å². The molecule has 0 spiro atoms. The predicted octanol–water partition coefficient (Wildman–Crippen LogP) is 4.92. The molecule has 114 valence electrons. The lowest BCUT2D eigenvalue weighted by Gasteiger charge is -2.31. The molecular weight excluding hydrogens is 452 g/mol. The van der Waals surface area contributed by atoms with Gasteiger partial charge in [-0.3, -0.25) is 0 Å². The number of rotatable bonds is 10. The zero-order valence-electron chi connectivity index (χ0n) is 11.7. The molecule has 0 unspecified atom stereocenters. The molecule has 0 aromatic heterocycles. The van der Waals surface area contributed by atoms with E-state index in [9.17, 15) is 0 Å². The summed E-state index contributed by atoms with van der Waals surface area (Å²) in [5, 5.41) is 1.80. The van der Waals surface area contributed by atoms with Crippen molar-refractivity contribution in [3.63, 3.8) is 0 Å². The van der Waals surface area contributed by atoms with Crippen LogP contribution in [0.2, 0.25) is 0 Å². The van der Waals surface area contributed by atoms with Crippen LogP contribution in [-0.4, -0.2) is 37.6 Å². The van der Waals surface area contributed by atoms with Crippen molar-refractivity contribution in [1.29, 1.82) is 0 Å². The van der Waals surface area contributed by atoms with E-state index in [0.29, 0.717) is 0 Å². The molecule has 0 aliphatic carbocycles. The highest BCUT2D eigenvalue weighted by atomic mass is 79.9. The molecule has 0 bridgehead atoms. The van der Waals surface area contributed by atoms with Gasteiger partial charge < -0.3 is 9.47 Å². The molecule has 5 heteroatoms. The largest absolute Gasteiger partial charge is 0.385 e. The van der Waals surface area contributed by atoms with Gasteiger partial charge in [-0.05, 0) is 24.5 Å².